The van der Waals surface area contributed by atoms with Gasteiger partial charge in [-0.2, -0.15) is 0 Å². The first-order valence-corrected chi connectivity index (χ1v) is 11.6. The van der Waals surface area contributed by atoms with Gasteiger partial charge < -0.3 is 19.4 Å². The number of para-hydroxylation sites is 2. The van der Waals surface area contributed by atoms with Gasteiger partial charge in [0.15, 0.2) is 11.4 Å². The zero-order valence-corrected chi connectivity index (χ0v) is 19.7. The fourth-order valence-corrected chi connectivity index (χ4v) is 4.75. The molecule has 0 saturated carbocycles. The van der Waals surface area contributed by atoms with E-state index in [0.29, 0.717) is 44.0 Å². The summed E-state index contributed by atoms with van der Waals surface area (Å²) in [6, 6.07) is 25.0. The number of hydrogen-bond donors (Lipinski definition) is 2. The van der Waals surface area contributed by atoms with E-state index in [1.165, 1.54) is 12.1 Å². The van der Waals surface area contributed by atoms with Gasteiger partial charge in [-0.1, -0.05) is 48.5 Å². The van der Waals surface area contributed by atoms with Gasteiger partial charge in [-0.15, -0.1) is 0 Å². The summed E-state index contributed by atoms with van der Waals surface area (Å²) in [5.41, 5.74) is 1.76. The van der Waals surface area contributed by atoms with Crippen LogP contribution in [0.25, 0.3) is 43.8 Å². The van der Waals surface area contributed by atoms with Crippen LogP contribution >= 0.6 is 0 Å². The van der Waals surface area contributed by atoms with E-state index in [1.54, 1.807) is 86.0 Å². The number of phenolic OH excluding ortho intramolecular Hbond substituents is 2. The molecule has 0 saturated heterocycles. The van der Waals surface area contributed by atoms with Gasteiger partial charge in [-0.25, -0.2) is 0 Å². The average molecular weight is 488 g/mol. The van der Waals surface area contributed by atoms with Crippen molar-refractivity contribution >= 4 is 38.5 Å². The molecule has 6 aromatic rings. The standard InChI is InChI=1S/C31H20O6/c1-36-19-13-10-17(11-14-19)26-30(35)23-16-18(28(33)21-6-2-4-8-24(21)32)12-15-20(23)27-29(34)22-7-3-5-9-25(22)37-31(26)27/h2-16,32,35H,1H3. The first kappa shape index (κ1) is 22.4. The van der Waals surface area contributed by atoms with E-state index in [2.05, 4.69) is 0 Å². The molecule has 0 fully saturated rings. The predicted octanol–water partition coefficient (Wildman–Crippen LogP) is 6.42. The number of ketones is 1. The lowest BCUT2D eigenvalue weighted by Crippen LogP contribution is -2.05. The molecular formula is C31H20O6. The van der Waals surface area contributed by atoms with E-state index >= 15 is 0 Å². The molecule has 0 atom stereocenters. The van der Waals surface area contributed by atoms with Crippen molar-refractivity contribution in [1.29, 1.82) is 0 Å². The zero-order chi connectivity index (χ0) is 25.7. The van der Waals surface area contributed by atoms with E-state index in [0.717, 1.165) is 0 Å². The maximum Gasteiger partial charge on any atom is 0.201 e. The maximum absolute atomic E-state index is 13.7. The fraction of sp³-hybridized carbons (Fsp3) is 0.0323. The molecule has 2 N–H and O–H groups in total. The molecule has 6 rings (SSSR count). The Hall–Kier alpha value is -5.10. The molecule has 0 unspecified atom stereocenters. The van der Waals surface area contributed by atoms with Crippen LogP contribution in [0.2, 0.25) is 0 Å². The smallest absolute Gasteiger partial charge is 0.201 e. The fourth-order valence-electron chi connectivity index (χ4n) is 4.75. The van der Waals surface area contributed by atoms with Crippen molar-refractivity contribution < 1.29 is 24.2 Å². The van der Waals surface area contributed by atoms with Crippen molar-refractivity contribution in [3.8, 4) is 28.4 Å². The highest BCUT2D eigenvalue weighted by molar-refractivity contribution is 6.19. The molecule has 6 nitrogen and oxygen atoms in total. The maximum atomic E-state index is 13.7. The molecule has 0 aliphatic carbocycles. The normalized spacial score (nSPS) is 11.3. The third kappa shape index (κ3) is 3.50. The number of carbonyl (C=O) groups excluding carboxylic acids is 1. The summed E-state index contributed by atoms with van der Waals surface area (Å²) in [5, 5.41) is 23.3. The monoisotopic (exact) mass is 488 g/mol. The van der Waals surface area contributed by atoms with E-state index in [1.807, 2.05) is 0 Å². The van der Waals surface area contributed by atoms with Crippen molar-refractivity contribution in [2.45, 2.75) is 0 Å². The third-order valence-corrected chi connectivity index (χ3v) is 6.60. The summed E-state index contributed by atoms with van der Waals surface area (Å²) < 4.78 is 11.5. The number of aromatic hydroxyl groups is 2. The van der Waals surface area contributed by atoms with Crippen LogP contribution in [0, 0.1) is 0 Å². The van der Waals surface area contributed by atoms with E-state index in [9.17, 15) is 19.8 Å². The zero-order valence-electron chi connectivity index (χ0n) is 19.7. The SMILES string of the molecule is COc1ccc(-c2c(O)c3cc(C(=O)c4ccccc4O)ccc3c3c(=O)c4ccccc4oc23)cc1. The minimum absolute atomic E-state index is 0.127. The molecule has 0 amide bonds. The Morgan fingerprint density at radius 2 is 1.54 bits per heavy atom. The number of phenols is 2. The topological polar surface area (TPSA) is 97.0 Å². The predicted molar refractivity (Wildman–Crippen MR) is 143 cm³/mol. The molecule has 37 heavy (non-hydrogen) atoms. The van der Waals surface area contributed by atoms with Crippen molar-refractivity contribution in [3.63, 3.8) is 0 Å². The number of rotatable bonds is 4. The second-order valence-corrected chi connectivity index (χ2v) is 8.69. The number of fused-ring (bicyclic) bond motifs is 4. The highest BCUT2D eigenvalue weighted by Gasteiger charge is 2.23. The van der Waals surface area contributed by atoms with Crippen molar-refractivity contribution in [3.05, 3.63) is 112 Å². The lowest BCUT2D eigenvalue weighted by atomic mass is 9.92. The first-order valence-electron chi connectivity index (χ1n) is 11.6. The molecule has 5 aromatic carbocycles. The molecule has 0 spiro atoms. The largest absolute Gasteiger partial charge is 0.507 e. The van der Waals surface area contributed by atoms with Crippen LogP contribution in [-0.4, -0.2) is 23.1 Å². The van der Waals surface area contributed by atoms with Crippen LogP contribution in [-0.2, 0) is 0 Å². The molecule has 1 aromatic heterocycles. The number of hydrogen-bond acceptors (Lipinski definition) is 6. The number of methoxy groups -OCH3 is 1. The van der Waals surface area contributed by atoms with Crippen LogP contribution < -0.4 is 10.2 Å². The van der Waals surface area contributed by atoms with Gasteiger partial charge in [-0.05, 0) is 48.0 Å². The molecule has 1 heterocycles. The Bertz CT molecular complexity index is 1920. The first-order chi connectivity index (χ1) is 18.0. The number of carbonyl (C=O) groups is 1. The molecule has 0 bridgehead atoms. The van der Waals surface area contributed by atoms with Gasteiger partial charge in [0.05, 0.1) is 29.0 Å². The second-order valence-electron chi connectivity index (χ2n) is 8.69. The Morgan fingerprint density at radius 3 is 2.30 bits per heavy atom. The van der Waals surface area contributed by atoms with E-state index in [4.69, 9.17) is 9.15 Å². The third-order valence-electron chi connectivity index (χ3n) is 6.60. The van der Waals surface area contributed by atoms with Gasteiger partial charge in [0.1, 0.15) is 22.8 Å². The minimum Gasteiger partial charge on any atom is -0.507 e. The van der Waals surface area contributed by atoms with Crippen LogP contribution in [0.15, 0.2) is 100 Å². The summed E-state index contributed by atoms with van der Waals surface area (Å²) >= 11 is 0. The molecule has 180 valence electrons. The Labute approximate surface area is 210 Å². The number of ether oxygens (including phenoxy) is 1. The lowest BCUT2D eigenvalue weighted by Gasteiger charge is -2.15. The Kier molecular flexibility index (Phi) is 5.16. The highest BCUT2D eigenvalue weighted by atomic mass is 16.5. The van der Waals surface area contributed by atoms with Crippen LogP contribution in [0.3, 0.4) is 0 Å². The highest BCUT2D eigenvalue weighted by Crippen LogP contribution is 2.44. The minimum atomic E-state index is -0.406. The summed E-state index contributed by atoms with van der Waals surface area (Å²) in [4.78, 5) is 26.9. The van der Waals surface area contributed by atoms with Gasteiger partial charge in [0, 0.05) is 16.3 Å². The summed E-state index contributed by atoms with van der Waals surface area (Å²) in [7, 11) is 1.56. The molecule has 0 radical (unpaired) electrons. The van der Waals surface area contributed by atoms with Crippen molar-refractivity contribution in [1.82, 2.24) is 0 Å². The summed E-state index contributed by atoms with van der Waals surface area (Å²) in [6.45, 7) is 0. The molecule has 0 aliphatic heterocycles. The molecular weight excluding hydrogens is 468 g/mol. The van der Waals surface area contributed by atoms with Crippen LogP contribution in [0.1, 0.15) is 15.9 Å². The van der Waals surface area contributed by atoms with Crippen molar-refractivity contribution in [2.24, 2.45) is 0 Å². The molecule has 6 heteroatoms. The van der Waals surface area contributed by atoms with Gasteiger partial charge in [0.25, 0.3) is 0 Å². The lowest BCUT2D eigenvalue weighted by molar-refractivity contribution is 0.103. The van der Waals surface area contributed by atoms with E-state index in [-0.39, 0.29) is 33.6 Å². The molecule has 0 aliphatic rings. The van der Waals surface area contributed by atoms with Crippen molar-refractivity contribution in [2.75, 3.05) is 7.11 Å². The van der Waals surface area contributed by atoms with Gasteiger partial charge in [-0.3, -0.25) is 9.59 Å². The second kappa shape index (κ2) is 8.53. The summed E-state index contributed by atoms with van der Waals surface area (Å²) in [6.07, 6.45) is 0. The van der Waals surface area contributed by atoms with Crippen LogP contribution in [0.4, 0.5) is 0 Å². The average Bonchev–Trinajstić information content (AvgIpc) is 2.93. The quantitative estimate of drug-likeness (QED) is 0.169. The number of benzene rings is 5. The Morgan fingerprint density at radius 1 is 0.811 bits per heavy atom. The summed E-state index contributed by atoms with van der Waals surface area (Å²) in [5.74, 6) is -0.0359. The van der Waals surface area contributed by atoms with Crippen LogP contribution in [0.5, 0.6) is 17.2 Å². The Balaban J connectivity index is 1.72. The van der Waals surface area contributed by atoms with Gasteiger partial charge in [0.2, 0.25) is 5.43 Å². The van der Waals surface area contributed by atoms with Gasteiger partial charge >= 0.3 is 0 Å². The van der Waals surface area contributed by atoms with E-state index < -0.39 is 5.78 Å².